The zero-order valence-electron chi connectivity index (χ0n) is 11.8. The third kappa shape index (κ3) is 4.47. The third-order valence-corrected chi connectivity index (χ3v) is 2.87. The Morgan fingerprint density at radius 3 is 2.68 bits per heavy atom. The smallest absolute Gasteiger partial charge is 0.123 e. The lowest BCUT2D eigenvalue weighted by molar-refractivity contribution is 0.390. The summed E-state index contributed by atoms with van der Waals surface area (Å²) in [6.07, 6.45) is 0.805. The van der Waals surface area contributed by atoms with Crippen LogP contribution in [-0.4, -0.2) is 27.3 Å². The second kappa shape index (κ2) is 8.41. The van der Waals surface area contributed by atoms with Crippen molar-refractivity contribution in [1.29, 1.82) is 0 Å². The zero-order chi connectivity index (χ0) is 14.1. The number of methoxy groups -OCH3 is 2. The van der Waals surface area contributed by atoms with Gasteiger partial charge in [-0.15, -0.1) is 11.8 Å². The quantitative estimate of drug-likeness (QED) is 0.580. The highest BCUT2D eigenvalue weighted by atomic mass is 16.5. The van der Waals surface area contributed by atoms with E-state index in [1.54, 1.807) is 14.2 Å². The van der Waals surface area contributed by atoms with Gasteiger partial charge in [-0.2, -0.15) is 0 Å². The molecule has 4 nitrogen and oxygen atoms in total. The summed E-state index contributed by atoms with van der Waals surface area (Å²) in [5, 5.41) is 3.38. The molecule has 104 valence electrons. The van der Waals surface area contributed by atoms with Crippen molar-refractivity contribution >= 4 is 0 Å². The van der Waals surface area contributed by atoms with E-state index in [0.29, 0.717) is 6.54 Å². The molecule has 1 unspecified atom stereocenters. The first-order valence-electron chi connectivity index (χ1n) is 6.31. The Morgan fingerprint density at radius 2 is 2.11 bits per heavy atom. The minimum Gasteiger partial charge on any atom is -0.497 e. The van der Waals surface area contributed by atoms with Crippen LogP contribution in [0.5, 0.6) is 11.5 Å². The number of hydrogen-bond donors (Lipinski definition) is 2. The van der Waals surface area contributed by atoms with Gasteiger partial charge in [0.2, 0.25) is 0 Å². The Hall–Kier alpha value is -1.70. The normalized spacial score (nSPS) is 11.4. The molecule has 0 heterocycles. The Bertz CT molecular complexity index is 449. The van der Waals surface area contributed by atoms with Crippen LogP contribution < -0.4 is 20.5 Å². The molecule has 1 aromatic carbocycles. The van der Waals surface area contributed by atoms with Crippen molar-refractivity contribution in [3.05, 3.63) is 23.8 Å². The summed E-state index contributed by atoms with van der Waals surface area (Å²) in [5.74, 6) is 7.50. The average Bonchev–Trinajstić information content (AvgIpc) is 2.47. The van der Waals surface area contributed by atoms with Crippen LogP contribution in [0, 0.1) is 11.8 Å². The van der Waals surface area contributed by atoms with Crippen LogP contribution in [0.4, 0.5) is 0 Å². The molecule has 0 fully saturated rings. The van der Waals surface area contributed by atoms with Crippen molar-refractivity contribution in [3.63, 3.8) is 0 Å². The van der Waals surface area contributed by atoms with Crippen molar-refractivity contribution in [1.82, 2.24) is 5.32 Å². The van der Waals surface area contributed by atoms with Crippen LogP contribution in [0.2, 0.25) is 0 Å². The number of ether oxygens (including phenoxy) is 2. The van der Waals surface area contributed by atoms with E-state index in [1.165, 1.54) is 0 Å². The molecule has 0 aliphatic heterocycles. The molecule has 0 bridgehead atoms. The third-order valence-electron chi connectivity index (χ3n) is 2.87. The highest BCUT2D eigenvalue weighted by molar-refractivity contribution is 5.42. The molecular formula is C15H22N2O2. The van der Waals surface area contributed by atoms with Gasteiger partial charge in [0.15, 0.2) is 0 Å². The van der Waals surface area contributed by atoms with Crippen molar-refractivity contribution in [2.75, 3.05) is 27.3 Å². The van der Waals surface area contributed by atoms with Crippen LogP contribution in [0.1, 0.15) is 24.9 Å². The summed E-state index contributed by atoms with van der Waals surface area (Å²) >= 11 is 0. The minimum absolute atomic E-state index is 0.0312. The molecule has 0 aliphatic rings. The van der Waals surface area contributed by atoms with Crippen LogP contribution in [0.25, 0.3) is 0 Å². The molecule has 0 aliphatic carbocycles. The molecule has 1 atom stereocenters. The second-order valence-electron chi connectivity index (χ2n) is 4.03. The van der Waals surface area contributed by atoms with Gasteiger partial charge in [0.1, 0.15) is 11.5 Å². The van der Waals surface area contributed by atoms with E-state index in [4.69, 9.17) is 15.2 Å². The lowest BCUT2D eigenvalue weighted by Gasteiger charge is -2.20. The van der Waals surface area contributed by atoms with Gasteiger partial charge in [0, 0.05) is 31.1 Å². The van der Waals surface area contributed by atoms with E-state index >= 15 is 0 Å². The van der Waals surface area contributed by atoms with E-state index in [1.807, 2.05) is 25.1 Å². The topological polar surface area (TPSA) is 56.5 Å². The van der Waals surface area contributed by atoms with Crippen LogP contribution in [0.15, 0.2) is 18.2 Å². The summed E-state index contributed by atoms with van der Waals surface area (Å²) in [6, 6.07) is 5.75. The molecule has 1 rings (SSSR count). The van der Waals surface area contributed by atoms with E-state index in [0.717, 1.165) is 30.0 Å². The molecule has 4 heteroatoms. The molecule has 1 aromatic rings. The maximum absolute atomic E-state index is 5.84. The fraction of sp³-hybridized carbons (Fsp3) is 0.467. The van der Waals surface area contributed by atoms with Gasteiger partial charge in [-0.05, 0) is 25.1 Å². The summed E-state index contributed by atoms with van der Waals surface area (Å²) in [5.41, 5.74) is 6.85. The van der Waals surface area contributed by atoms with Crippen LogP contribution >= 0.6 is 0 Å². The summed E-state index contributed by atoms with van der Waals surface area (Å²) in [4.78, 5) is 0. The first-order chi connectivity index (χ1) is 9.26. The molecular weight excluding hydrogens is 240 g/mol. The number of benzene rings is 1. The number of nitrogens with two attached hydrogens (primary N) is 1. The molecule has 0 aromatic heterocycles. The molecule has 0 saturated carbocycles. The molecule has 19 heavy (non-hydrogen) atoms. The number of nitrogens with one attached hydrogen (secondary N) is 1. The van der Waals surface area contributed by atoms with Gasteiger partial charge in [-0.25, -0.2) is 0 Å². The Kier molecular flexibility index (Phi) is 6.80. The Labute approximate surface area is 115 Å². The van der Waals surface area contributed by atoms with Gasteiger partial charge >= 0.3 is 0 Å². The monoisotopic (exact) mass is 262 g/mol. The van der Waals surface area contributed by atoms with Gasteiger partial charge in [0.05, 0.1) is 14.2 Å². The second-order valence-corrected chi connectivity index (χ2v) is 4.03. The Balaban J connectivity index is 2.84. The molecule has 0 amide bonds. The van der Waals surface area contributed by atoms with E-state index in [2.05, 4.69) is 17.2 Å². The Morgan fingerprint density at radius 1 is 1.32 bits per heavy atom. The fourth-order valence-corrected chi connectivity index (χ4v) is 1.87. The van der Waals surface area contributed by atoms with Crippen molar-refractivity contribution in [2.45, 2.75) is 19.4 Å². The fourth-order valence-electron chi connectivity index (χ4n) is 1.87. The summed E-state index contributed by atoms with van der Waals surface area (Å²) in [7, 11) is 3.30. The van der Waals surface area contributed by atoms with Gasteiger partial charge in [0.25, 0.3) is 0 Å². The SMILES string of the molecule is CC#CCCNC(CN)c1cc(OC)ccc1OC. The average molecular weight is 262 g/mol. The molecule has 3 N–H and O–H groups in total. The minimum atomic E-state index is 0.0312. The molecule has 0 radical (unpaired) electrons. The van der Waals surface area contributed by atoms with E-state index in [-0.39, 0.29) is 6.04 Å². The van der Waals surface area contributed by atoms with Crippen molar-refractivity contribution in [2.24, 2.45) is 5.73 Å². The lowest BCUT2D eigenvalue weighted by Crippen LogP contribution is -2.29. The lowest BCUT2D eigenvalue weighted by atomic mass is 10.0. The first kappa shape index (κ1) is 15.4. The highest BCUT2D eigenvalue weighted by Crippen LogP contribution is 2.28. The van der Waals surface area contributed by atoms with Crippen LogP contribution in [0.3, 0.4) is 0 Å². The number of rotatable bonds is 7. The largest absolute Gasteiger partial charge is 0.497 e. The van der Waals surface area contributed by atoms with Gasteiger partial charge in [-0.3, -0.25) is 0 Å². The maximum Gasteiger partial charge on any atom is 0.123 e. The van der Waals surface area contributed by atoms with E-state index < -0.39 is 0 Å². The van der Waals surface area contributed by atoms with Gasteiger partial charge in [-0.1, -0.05) is 0 Å². The molecule has 0 spiro atoms. The van der Waals surface area contributed by atoms with Crippen molar-refractivity contribution < 1.29 is 9.47 Å². The zero-order valence-corrected chi connectivity index (χ0v) is 11.8. The highest BCUT2D eigenvalue weighted by Gasteiger charge is 2.15. The maximum atomic E-state index is 5.84. The molecule has 0 saturated heterocycles. The first-order valence-corrected chi connectivity index (χ1v) is 6.31. The van der Waals surface area contributed by atoms with Gasteiger partial charge < -0.3 is 20.5 Å². The standard InChI is InChI=1S/C15H22N2O2/c1-4-5-6-9-17-14(11-16)13-10-12(18-2)7-8-15(13)19-3/h7-8,10,14,17H,6,9,11,16H2,1-3H3. The number of hydrogen-bond acceptors (Lipinski definition) is 4. The summed E-state index contributed by atoms with van der Waals surface area (Å²) in [6.45, 7) is 3.12. The predicted octanol–water partition coefficient (Wildman–Crippen LogP) is 1.71. The predicted molar refractivity (Wildman–Crippen MR) is 77.4 cm³/mol. The van der Waals surface area contributed by atoms with E-state index in [9.17, 15) is 0 Å². The van der Waals surface area contributed by atoms with Crippen molar-refractivity contribution in [3.8, 4) is 23.3 Å². The van der Waals surface area contributed by atoms with Crippen LogP contribution in [-0.2, 0) is 0 Å². The summed E-state index contributed by atoms with van der Waals surface area (Å²) < 4.78 is 10.6.